The molecule has 0 spiro atoms. The van der Waals surface area contributed by atoms with Gasteiger partial charge >= 0.3 is 5.97 Å². The normalized spacial score (nSPS) is 22.2. The van der Waals surface area contributed by atoms with Crippen LogP contribution < -0.4 is 5.32 Å². The first kappa shape index (κ1) is 14.7. The minimum atomic E-state index is -0.768. The third-order valence-corrected chi connectivity index (χ3v) is 3.92. The maximum absolute atomic E-state index is 12.0. The Kier molecular flexibility index (Phi) is 4.89. The predicted molar refractivity (Wildman–Crippen MR) is 72.0 cm³/mol. The highest BCUT2D eigenvalue weighted by Crippen LogP contribution is 2.29. The number of rotatable bonds is 4. The first-order valence-electron chi connectivity index (χ1n) is 6.54. The second-order valence-electron chi connectivity index (χ2n) is 4.90. The van der Waals surface area contributed by atoms with Crippen molar-refractivity contribution in [2.75, 3.05) is 0 Å². The molecule has 108 valence electrons. The van der Waals surface area contributed by atoms with Crippen LogP contribution >= 0.6 is 11.6 Å². The van der Waals surface area contributed by atoms with E-state index in [0.717, 1.165) is 0 Å². The molecule has 7 heteroatoms. The van der Waals surface area contributed by atoms with E-state index in [0.29, 0.717) is 31.4 Å². The van der Waals surface area contributed by atoms with Gasteiger partial charge in [-0.05, 0) is 25.7 Å². The number of carbonyl (C=O) groups excluding carboxylic acids is 1. The molecule has 20 heavy (non-hydrogen) atoms. The van der Waals surface area contributed by atoms with E-state index in [1.165, 1.54) is 12.4 Å². The topological polar surface area (TPSA) is 92.2 Å². The van der Waals surface area contributed by atoms with Crippen LogP contribution in [0, 0.1) is 11.8 Å². The van der Waals surface area contributed by atoms with E-state index in [1.807, 2.05) is 0 Å². The van der Waals surface area contributed by atoms with Gasteiger partial charge in [0.2, 0.25) is 5.91 Å². The molecular weight excluding hydrogens is 282 g/mol. The predicted octanol–water partition coefficient (Wildman–Crippen LogP) is 1.64. The Hall–Kier alpha value is -1.69. The molecule has 0 saturated heterocycles. The lowest BCUT2D eigenvalue weighted by Gasteiger charge is -2.25. The van der Waals surface area contributed by atoms with Gasteiger partial charge in [-0.3, -0.25) is 14.6 Å². The molecule has 0 radical (unpaired) electrons. The van der Waals surface area contributed by atoms with Crippen molar-refractivity contribution >= 4 is 23.5 Å². The van der Waals surface area contributed by atoms with Gasteiger partial charge in [-0.1, -0.05) is 11.6 Å². The van der Waals surface area contributed by atoms with E-state index < -0.39 is 5.97 Å². The molecule has 2 rings (SSSR count). The summed E-state index contributed by atoms with van der Waals surface area (Å²) in [5.41, 5.74) is 0.529. The van der Waals surface area contributed by atoms with Gasteiger partial charge in [0, 0.05) is 18.3 Å². The number of nitrogens with zero attached hydrogens (tertiary/aromatic N) is 2. The van der Waals surface area contributed by atoms with E-state index in [2.05, 4.69) is 15.3 Å². The number of amides is 1. The van der Waals surface area contributed by atoms with Crippen molar-refractivity contribution in [3.8, 4) is 0 Å². The van der Waals surface area contributed by atoms with Crippen LogP contribution in [0.5, 0.6) is 0 Å². The highest BCUT2D eigenvalue weighted by atomic mass is 35.5. The second kappa shape index (κ2) is 6.65. The number of hydrogen-bond donors (Lipinski definition) is 2. The SMILES string of the molecule is O=C(O)C1CCC(C(=O)NCc2nccnc2Cl)CC1. The lowest BCUT2D eigenvalue weighted by atomic mass is 9.81. The number of carbonyl (C=O) groups is 2. The Balaban J connectivity index is 1.82. The van der Waals surface area contributed by atoms with Crippen molar-refractivity contribution in [3.63, 3.8) is 0 Å². The van der Waals surface area contributed by atoms with Crippen LogP contribution in [-0.2, 0) is 16.1 Å². The summed E-state index contributed by atoms with van der Waals surface area (Å²) in [6.45, 7) is 0.240. The Morgan fingerprint density at radius 1 is 1.20 bits per heavy atom. The monoisotopic (exact) mass is 297 g/mol. The van der Waals surface area contributed by atoms with Crippen LogP contribution in [0.3, 0.4) is 0 Å². The zero-order valence-corrected chi connectivity index (χ0v) is 11.6. The fourth-order valence-electron chi connectivity index (χ4n) is 2.39. The van der Waals surface area contributed by atoms with E-state index in [-0.39, 0.29) is 29.4 Å². The number of carboxylic acid groups (broad SMARTS) is 1. The summed E-state index contributed by atoms with van der Waals surface area (Å²) in [7, 11) is 0. The molecule has 6 nitrogen and oxygen atoms in total. The number of nitrogens with one attached hydrogen (secondary N) is 1. The molecule has 0 aromatic carbocycles. The first-order valence-corrected chi connectivity index (χ1v) is 6.91. The Morgan fingerprint density at radius 3 is 2.40 bits per heavy atom. The molecule has 0 unspecified atom stereocenters. The van der Waals surface area contributed by atoms with Gasteiger partial charge in [-0.2, -0.15) is 0 Å². The van der Waals surface area contributed by atoms with Gasteiger partial charge in [0.05, 0.1) is 18.2 Å². The minimum Gasteiger partial charge on any atom is -0.481 e. The molecule has 2 N–H and O–H groups in total. The smallest absolute Gasteiger partial charge is 0.306 e. The van der Waals surface area contributed by atoms with Gasteiger partial charge in [0.25, 0.3) is 0 Å². The van der Waals surface area contributed by atoms with Gasteiger partial charge < -0.3 is 10.4 Å². The standard InChI is InChI=1S/C13H16ClN3O3/c14-11-10(15-5-6-16-11)7-17-12(18)8-1-3-9(4-2-8)13(19)20/h5-6,8-9H,1-4,7H2,(H,17,18)(H,19,20). The average Bonchev–Trinajstić information content (AvgIpc) is 2.46. The highest BCUT2D eigenvalue weighted by Gasteiger charge is 2.29. The molecule has 1 aromatic rings. The van der Waals surface area contributed by atoms with Crippen molar-refractivity contribution < 1.29 is 14.7 Å². The second-order valence-corrected chi connectivity index (χ2v) is 5.26. The van der Waals surface area contributed by atoms with E-state index in [9.17, 15) is 9.59 Å². The van der Waals surface area contributed by atoms with Crippen molar-refractivity contribution in [3.05, 3.63) is 23.2 Å². The van der Waals surface area contributed by atoms with E-state index >= 15 is 0 Å². The van der Waals surface area contributed by atoms with Gasteiger partial charge in [0.1, 0.15) is 0 Å². The largest absolute Gasteiger partial charge is 0.481 e. The van der Waals surface area contributed by atoms with E-state index in [1.54, 1.807) is 0 Å². The first-order chi connectivity index (χ1) is 9.58. The van der Waals surface area contributed by atoms with Crippen LogP contribution in [0.2, 0.25) is 5.15 Å². The molecular formula is C13H16ClN3O3. The summed E-state index contributed by atoms with van der Waals surface area (Å²) in [6, 6.07) is 0. The fourth-order valence-corrected chi connectivity index (χ4v) is 2.56. The summed E-state index contributed by atoms with van der Waals surface area (Å²) in [6.07, 6.45) is 5.33. The lowest BCUT2D eigenvalue weighted by molar-refractivity contribution is -0.144. The van der Waals surface area contributed by atoms with Crippen LogP contribution in [0.4, 0.5) is 0 Å². The van der Waals surface area contributed by atoms with Crippen molar-refractivity contribution in [1.29, 1.82) is 0 Å². The van der Waals surface area contributed by atoms with Gasteiger partial charge in [-0.15, -0.1) is 0 Å². The third kappa shape index (κ3) is 3.66. The Labute approximate surface area is 121 Å². The van der Waals surface area contributed by atoms with Crippen LogP contribution in [0.25, 0.3) is 0 Å². The number of carboxylic acids is 1. The zero-order valence-electron chi connectivity index (χ0n) is 10.9. The van der Waals surface area contributed by atoms with Crippen molar-refractivity contribution in [2.24, 2.45) is 11.8 Å². The average molecular weight is 298 g/mol. The number of halogens is 1. The van der Waals surface area contributed by atoms with Crippen molar-refractivity contribution in [1.82, 2.24) is 15.3 Å². The molecule has 1 fully saturated rings. The minimum absolute atomic E-state index is 0.0736. The van der Waals surface area contributed by atoms with E-state index in [4.69, 9.17) is 16.7 Å². The number of aromatic nitrogens is 2. The quantitative estimate of drug-likeness (QED) is 0.881. The molecule has 1 amide bonds. The molecule has 0 aliphatic heterocycles. The molecule has 1 aromatic heterocycles. The number of hydrogen-bond acceptors (Lipinski definition) is 4. The summed E-state index contributed by atoms with van der Waals surface area (Å²) in [4.78, 5) is 30.8. The van der Waals surface area contributed by atoms with Gasteiger partial charge in [-0.25, -0.2) is 4.98 Å². The molecule has 0 bridgehead atoms. The maximum Gasteiger partial charge on any atom is 0.306 e. The van der Waals surface area contributed by atoms with Gasteiger partial charge in [0.15, 0.2) is 5.15 Å². The summed E-state index contributed by atoms with van der Waals surface area (Å²) < 4.78 is 0. The summed E-state index contributed by atoms with van der Waals surface area (Å²) in [5.74, 6) is -1.28. The zero-order chi connectivity index (χ0) is 14.5. The van der Waals surface area contributed by atoms with Crippen LogP contribution in [0.15, 0.2) is 12.4 Å². The fraction of sp³-hybridized carbons (Fsp3) is 0.538. The highest BCUT2D eigenvalue weighted by molar-refractivity contribution is 6.29. The molecule has 1 heterocycles. The molecule has 0 atom stereocenters. The maximum atomic E-state index is 12.0. The van der Waals surface area contributed by atoms with Crippen LogP contribution in [0.1, 0.15) is 31.4 Å². The van der Waals surface area contributed by atoms with Crippen LogP contribution in [-0.4, -0.2) is 27.0 Å². The Morgan fingerprint density at radius 2 is 1.80 bits per heavy atom. The Bertz CT molecular complexity index is 501. The summed E-state index contributed by atoms with van der Waals surface area (Å²) >= 11 is 5.86. The molecule has 1 aliphatic rings. The summed E-state index contributed by atoms with van der Waals surface area (Å²) in [5, 5.41) is 12.0. The lowest BCUT2D eigenvalue weighted by Crippen LogP contribution is -2.34. The number of aliphatic carboxylic acids is 1. The molecule has 1 aliphatic carbocycles. The molecule has 1 saturated carbocycles. The third-order valence-electron chi connectivity index (χ3n) is 3.60. The van der Waals surface area contributed by atoms with Crippen molar-refractivity contribution in [2.45, 2.75) is 32.2 Å².